The Kier molecular flexibility index (Phi) is 5.81. The first-order chi connectivity index (χ1) is 13.3. The van der Waals surface area contributed by atoms with Crippen LogP contribution in [-0.2, 0) is 21.3 Å². The van der Waals surface area contributed by atoms with Crippen LogP contribution < -0.4 is 4.74 Å². The van der Waals surface area contributed by atoms with Crippen LogP contribution >= 0.6 is 11.3 Å². The van der Waals surface area contributed by atoms with Gasteiger partial charge in [-0.3, -0.25) is 4.98 Å². The van der Waals surface area contributed by atoms with E-state index in [2.05, 4.69) is 23.6 Å². The van der Waals surface area contributed by atoms with E-state index in [0.717, 1.165) is 57.7 Å². The lowest BCUT2D eigenvalue weighted by Crippen LogP contribution is -2.48. The first-order valence-electron chi connectivity index (χ1n) is 9.99. The maximum atomic E-state index is 6.23. The Morgan fingerprint density at radius 2 is 2.15 bits per heavy atom. The van der Waals surface area contributed by atoms with Crippen molar-refractivity contribution in [3.8, 4) is 5.75 Å². The van der Waals surface area contributed by atoms with Crippen molar-refractivity contribution in [2.24, 2.45) is 0 Å². The lowest BCUT2D eigenvalue weighted by atomic mass is 9.67. The molecule has 0 N–H and O–H groups in total. The summed E-state index contributed by atoms with van der Waals surface area (Å²) in [6.07, 6.45) is 9.62. The summed E-state index contributed by atoms with van der Waals surface area (Å²) >= 11 is 1.80. The Labute approximate surface area is 165 Å². The molecule has 5 heteroatoms. The molecule has 2 fully saturated rings. The molecular formula is C22H29NO3S. The second-order valence-corrected chi connectivity index (χ2v) is 8.88. The molecule has 2 aromatic rings. The van der Waals surface area contributed by atoms with E-state index in [-0.39, 0.29) is 11.0 Å². The summed E-state index contributed by atoms with van der Waals surface area (Å²) in [5.74, 6) is 1.03. The second-order valence-electron chi connectivity index (χ2n) is 7.88. The van der Waals surface area contributed by atoms with E-state index >= 15 is 0 Å². The zero-order valence-corrected chi connectivity index (χ0v) is 16.9. The predicted octanol–water partition coefficient (Wildman–Crippen LogP) is 4.77. The molecule has 2 atom stereocenters. The Bertz CT molecular complexity index is 726. The summed E-state index contributed by atoms with van der Waals surface area (Å²) in [6, 6.07) is 8.40. The molecule has 4 heterocycles. The maximum absolute atomic E-state index is 6.23. The minimum Gasteiger partial charge on any atom is -0.496 e. The van der Waals surface area contributed by atoms with Crippen LogP contribution in [0.3, 0.4) is 0 Å². The summed E-state index contributed by atoms with van der Waals surface area (Å²) in [4.78, 5) is 6.13. The highest BCUT2D eigenvalue weighted by Crippen LogP contribution is 2.47. The van der Waals surface area contributed by atoms with Crippen molar-refractivity contribution in [2.75, 3.05) is 26.9 Å². The zero-order chi connectivity index (χ0) is 18.6. The van der Waals surface area contributed by atoms with Gasteiger partial charge in [0.05, 0.1) is 19.3 Å². The molecule has 0 unspecified atom stereocenters. The lowest BCUT2D eigenvalue weighted by molar-refractivity contribution is -0.109. The van der Waals surface area contributed by atoms with Gasteiger partial charge in [0.2, 0.25) is 0 Å². The Balaban J connectivity index is 1.46. The van der Waals surface area contributed by atoms with Crippen LogP contribution in [-0.4, -0.2) is 37.5 Å². The van der Waals surface area contributed by atoms with E-state index in [1.165, 1.54) is 23.4 Å². The van der Waals surface area contributed by atoms with Crippen LogP contribution in [0.2, 0.25) is 0 Å². The smallest absolute Gasteiger partial charge is 0.132 e. The third-order valence-corrected chi connectivity index (χ3v) is 7.12. The van der Waals surface area contributed by atoms with Gasteiger partial charge in [0, 0.05) is 41.8 Å². The molecule has 27 heavy (non-hydrogen) atoms. The van der Waals surface area contributed by atoms with Crippen molar-refractivity contribution in [1.29, 1.82) is 0 Å². The Morgan fingerprint density at radius 1 is 1.19 bits per heavy atom. The van der Waals surface area contributed by atoms with Gasteiger partial charge in [0.1, 0.15) is 5.75 Å². The number of unbranched alkanes of at least 4 members (excludes halogenated alkanes) is 1. The largest absolute Gasteiger partial charge is 0.496 e. The monoisotopic (exact) mass is 387 g/mol. The topological polar surface area (TPSA) is 40.6 Å². The summed E-state index contributed by atoms with van der Waals surface area (Å²) in [6.45, 7) is 2.35. The standard InChI is InChI=1S/C22H29NO3S/c1-24-18-8-15-27-19(18)6-2-4-9-21(20-7-3-5-12-23-20)10-14-26-22(16-21)11-13-25-17-22/h3,5,7-8,12,15H,2,4,6,9-11,13-14,16-17H2,1H3/t21-,22-/m0/s1. The molecule has 4 nitrogen and oxygen atoms in total. The number of pyridine rings is 1. The van der Waals surface area contributed by atoms with Crippen LogP contribution in [0.5, 0.6) is 5.75 Å². The number of ether oxygens (including phenoxy) is 3. The lowest BCUT2D eigenvalue weighted by Gasteiger charge is -2.45. The molecule has 0 amide bonds. The Morgan fingerprint density at radius 3 is 2.93 bits per heavy atom. The average molecular weight is 388 g/mol. The number of aromatic nitrogens is 1. The van der Waals surface area contributed by atoms with Gasteiger partial charge in [0.15, 0.2) is 0 Å². The first kappa shape index (κ1) is 18.9. The quantitative estimate of drug-likeness (QED) is 0.642. The third kappa shape index (κ3) is 4.05. The highest BCUT2D eigenvalue weighted by molar-refractivity contribution is 7.10. The number of rotatable bonds is 7. The highest BCUT2D eigenvalue weighted by atomic mass is 32.1. The zero-order valence-electron chi connectivity index (χ0n) is 16.1. The molecule has 4 rings (SSSR count). The van der Waals surface area contributed by atoms with Crippen molar-refractivity contribution in [2.45, 2.75) is 56.0 Å². The van der Waals surface area contributed by atoms with E-state index in [0.29, 0.717) is 0 Å². The van der Waals surface area contributed by atoms with Gasteiger partial charge < -0.3 is 14.2 Å². The van der Waals surface area contributed by atoms with Crippen molar-refractivity contribution in [3.63, 3.8) is 0 Å². The molecule has 0 aliphatic carbocycles. The number of hydrogen-bond acceptors (Lipinski definition) is 5. The van der Waals surface area contributed by atoms with Crippen LogP contribution in [0, 0.1) is 0 Å². The number of hydrogen-bond donors (Lipinski definition) is 0. The minimum atomic E-state index is -0.104. The molecule has 0 radical (unpaired) electrons. The van der Waals surface area contributed by atoms with Gasteiger partial charge in [0.25, 0.3) is 0 Å². The maximum Gasteiger partial charge on any atom is 0.132 e. The molecule has 1 spiro atoms. The molecule has 0 saturated carbocycles. The molecule has 2 saturated heterocycles. The van der Waals surface area contributed by atoms with Crippen molar-refractivity contribution < 1.29 is 14.2 Å². The molecule has 0 bridgehead atoms. The van der Waals surface area contributed by atoms with Crippen LogP contribution in [0.15, 0.2) is 35.8 Å². The highest BCUT2D eigenvalue weighted by Gasteiger charge is 2.49. The molecule has 2 aromatic heterocycles. The predicted molar refractivity (Wildman–Crippen MR) is 108 cm³/mol. The van der Waals surface area contributed by atoms with Crippen molar-refractivity contribution >= 4 is 11.3 Å². The van der Waals surface area contributed by atoms with E-state index in [1.54, 1.807) is 18.4 Å². The summed E-state index contributed by atoms with van der Waals surface area (Å²) < 4.78 is 17.4. The van der Waals surface area contributed by atoms with E-state index < -0.39 is 0 Å². The minimum absolute atomic E-state index is 0.104. The Hall–Kier alpha value is -1.43. The van der Waals surface area contributed by atoms with E-state index in [9.17, 15) is 0 Å². The number of nitrogens with zero attached hydrogens (tertiary/aromatic N) is 1. The normalized spacial score (nSPS) is 27.9. The van der Waals surface area contributed by atoms with Crippen LogP contribution in [0.1, 0.15) is 49.1 Å². The van der Waals surface area contributed by atoms with Crippen molar-refractivity contribution in [3.05, 3.63) is 46.4 Å². The fourth-order valence-electron chi connectivity index (χ4n) is 4.74. The summed E-state index contributed by atoms with van der Waals surface area (Å²) in [5.41, 5.74) is 1.23. The summed E-state index contributed by atoms with van der Waals surface area (Å²) in [5, 5.41) is 2.12. The summed E-state index contributed by atoms with van der Waals surface area (Å²) in [7, 11) is 1.76. The van der Waals surface area contributed by atoms with Gasteiger partial charge in [-0.25, -0.2) is 0 Å². The molecule has 2 aliphatic heterocycles. The average Bonchev–Trinajstić information content (AvgIpc) is 3.35. The molecule has 146 valence electrons. The SMILES string of the molecule is COc1ccsc1CCCC[C@]1(c2ccccn2)CCO[C@@]2(CCOC2)C1. The van der Waals surface area contributed by atoms with Gasteiger partial charge in [-0.15, -0.1) is 11.3 Å². The molecule has 2 aliphatic rings. The molecule has 0 aromatic carbocycles. The number of methoxy groups -OCH3 is 1. The van der Waals surface area contributed by atoms with Gasteiger partial charge >= 0.3 is 0 Å². The first-order valence-corrected chi connectivity index (χ1v) is 10.9. The van der Waals surface area contributed by atoms with Gasteiger partial charge in [-0.05, 0) is 55.7 Å². The van der Waals surface area contributed by atoms with E-state index in [4.69, 9.17) is 19.2 Å². The van der Waals surface area contributed by atoms with Crippen molar-refractivity contribution in [1.82, 2.24) is 4.98 Å². The number of thiophene rings is 1. The fraction of sp³-hybridized carbons (Fsp3) is 0.591. The molecular weight excluding hydrogens is 358 g/mol. The van der Waals surface area contributed by atoms with Gasteiger partial charge in [-0.2, -0.15) is 0 Å². The number of aryl methyl sites for hydroxylation is 1. The van der Waals surface area contributed by atoms with E-state index in [1.807, 2.05) is 12.3 Å². The second kappa shape index (κ2) is 8.29. The van der Waals surface area contributed by atoms with Crippen LogP contribution in [0.4, 0.5) is 0 Å². The third-order valence-electron chi connectivity index (χ3n) is 6.16. The van der Waals surface area contributed by atoms with Gasteiger partial charge in [-0.1, -0.05) is 12.5 Å². The van der Waals surface area contributed by atoms with Crippen LogP contribution in [0.25, 0.3) is 0 Å². The fourth-order valence-corrected chi connectivity index (χ4v) is 5.62.